The zero-order chi connectivity index (χ0) is 19.1. The van der Waals surface area contributed by atoms with Gasteiger partial charge in [0.15, 0.2) is 0 Å². The van der Waals surface area contributed by atoms with Crippen LogP contribution in [-0.2, 0) is 9.59 Å². The summed E-state index contributed by atoms with van der Waals surface area (Å²) in [6.45, 7) is 11.1. The lowest BCUT2D eigenvalue weighted by Gasteiger charge is -2.37. The molecule has 2 rings (SSSR count). The highest BCUT2D eigenvalue weighted by atomic mass is 79.9. The molecule has 7 heteroatoms. The predicted molar refractivity (Wildman–Crippen MR) is 108 cm³/mol. The van der Waals surface area contributed by atoms with Crippen molar-refractivity contribution in [3.63, 3.8) is 0 Å². The van der Waals surface area contributed by atoms with E-state index < -0.39 is 0 Å². The summed E-state index contributed by atoms with van der Waals surface area (Å²) in [6, 6.07) is 7.38. The summed E-state index contributed by atoms with van der Waals surface area (Å²) in [5.41, 5.74) is 0.800. The number of likely N-dealkylation sites (N-methyl/N-ethyl adjacent to an activating group) is 1. The molecule has 1 unspecified atom stereocenters. The van der Waals surface area contributed by atoms with Gasteiger partial charge in [0.2, 0.25) is 11.8 Å². The maximum absolute atomic E-state index is 12.5. The van der Waals surface area contributed by atoms with Crippen LogP contribution in [0.4, 0.5) is 5.69 Å². The van der Waals surface area contributed by atoms with Gasteiger partial charge < -0.3 is 10.2 Å². The third kappa shape index (κ3) is 5.79. The van der Waals surface area contributed by atoms with Crippen LogP contribution < -0.4 is 5.32 Å². The minimum Gasteiger partial charge on any atom is -0.342 e. The van der Waals surface area contributed by atoms with Crippen molar-refractivity contribution in [1.82, 2.24) is 14.7 Å². The molecule has 1 N–H and O–H groups in total. The maximum atomic E-state index is 12.5. The van der Waals surface area contributed by atoms with Crippen molar-refractivity contribution in [2.24, 2.45) is 0 Å². The largest absolute Gasteiger partial charge is 0.342 e. The Morgan fingerprint density at radius 1 is 1.12 bits per heavy atom. The van der Waals surface area contributed by atoms with Crippen LogP contribution in [0.1, 0.15) is 20.8 Å². The Kier molecular flexibility index (Phi) is 8.06. The Balaban J connectivity index is 1.80. The molecule has 6 nitrogen and oxygen atoms in total. The Labute approximate surface area is 164 Å². The molecule has 0 aliphatic carbocycles. The third-order valence-electron chi connectivity index (χ3n) is 4.92. The van der Waals surface area contributed by atoms with E-state index in [0.29, 0.717) is 6.54 Å². The molecule has 2 amide bonds. The van der Waals surface area contributed by atoms with Gasteiger partial charge in [-0.05, 0) is 45.0 Å². The topological polar surface area (TPSA) is 55.9 Å². The maximum Gasteiger partial charge on any atom is 0.241 e. The first-order valence-electron chi connectivity index (χ1n) is 9.25. The van der Waals surface area contributed by atoms with E-state index in [-0.39, 0.29) is 17.9 Å². The van der Waals surface area contributed by atoms with Crippen LogP contribution in [0.25, 0.3) is 0 Å². The van der Waals surface area contributed by atoms with Crippen molar-refractivity contribution in [2.75, 3.05) is 51.1 Å². The lowest BCUT2D eigenvalue weighted by molar-refractivity contribution is -0.133. The van der Waals surface area contributed by atoms with Gasteiger partial charge in [-0.1, -0.05) is 15.9 Å². The van der Waals surface area contributed by atoms with Crippen LogP contribution in [0, 0.1) is 0 Å². The van der Waals surface area contributed by atoms with Gasteiger partial charge in [-0.3, -0.25) is 19.4 Å². The van der Waals surface area contributed by atoms with Crippen LogP contribution in [0.5, 0.6) is 0 Å². The molecule has 0 aromatic heterocycles. The molecule has 0 saturated carbocycles. The van der Waals surface area contributed by atoms with Gasteiger partial charge in [0, 0.05) is 49.4 Å². The van der Waals surface area contributed by atoms with Crippen molar-refractivity contribution >= 4 is 33.4 Å². The van der Waals surface area contributed by atoms with Crippen molar-refractivity contribution in [1.29, 1.82) is 0 Å². The molecule has 1 heterocycles. The molecular weight excluding hydrogens is 396 g/mol. The molecule has 1 aliphatic heterocycles. The molecule has 1 saturated heterocycles. The average molecular weight is 425 g/mol. The molecule has 144 valence electrons. The van der Waals surface area contributed by atoms with Gasteiger partial charge in [-0.2, -0.15) is 0 Å². The van der Waals surface area contributed by atoms with Crippen LogP contribution in [0.15, 0.2) is 28.7 Å². The number of amides is 2. The molecule has 0 spiro atoms. The first-order valence-corrected chi connectivity index (χ1v) is 10.0. The summed E-state index contributed by atoms with van der Waals surface area (Å²) >= 11 is 3.39. The fraction of sp³-hybridized carbons (Fsp3) is 0.579. The van der Waals surface area contributed by atoms with E-state index in [9.17, 15) is 9.59 Å². The van der Waals surface area contributed by atoms with Crippen molar-refractivity contribution in [3.05, 3.63) is 28.7 Å². The standard InChI is InChI=1S/C19H29BrN4O2/c1-4-23(5-2)18(25)14-22-10-12-24(13-11-22)15(3)19(26)21-17-8-6-16(20)7-9-17/h6-9,15H,4-5,10-14H2,1-3H3,(H,21,26). The number of nitrogens with one attached hydrogen (secondary N) is 1. The molecule has 26 heavy (non-hydrogen) atoms. The number of carbonyl (C=O) groups excluding carboxylic acids is 2. The highest BCUT2D eigenvalue weighted by molar-refractivity contribution is 9.10. The Hall–Kier alpha value is -1.44. The second-order valence-corrected chi connectivity index (χ2v) is 7.47. The first kappa shape index (κ1) is 20.9. The Bertz CT molecular complexity index is 596. The van der Waals surface area contributed by atoms with Crippen LogP contribution in [0.2, 0.25) is 0 Å². The van der Waals surface area contributed by atoms with Crippen LogP contribution >= 0.6 is 15.9 Å². The SMILES string of the molecule is CCN(CC)C(=O)CN1CCN(C(C)C(=O)Nc2ccc(Br)cc2)CC1. The molecule has 1 aromatic carbocycles. The number of piperazine rings is 1. The fourth-order valence-corrected chi connectivity index (χ4v) is 3.39. The monoisotopic (exact) mass is 424 g/mol. The number of benzene rings is 1. The summed E-state index contributed by atoms with van der Waals surface area (Å²) < 4.78 is 0.985. The average Bonchev–Trinajstić information content (AvgIpc) is 2.64. The van der Waals surface area contributed by atoms with Gasteiger partial charge in [0.25, 0.3) is 0 Å². The first-order chi connectivity index (χ1) is 12.4. The second-order valence-electron chi connectivity index (χ2n) is 6.55. The van der Waals surface area contributed by atoms with Gasteiger partial charge in [0.1, 0.15) is 0 Å². The Morgan fingerprint density at radius 3 is 2.23 bits per heavy atom. The number of hydrogen-bond acceptors (Lipinski definition) is 4. The molecular formula is C19H29BrN4O2. The third-order valence-corrected chi connectivity index (χ3v) is 5.45. The molecule has 1 fully saturated rings. The molecule has 0 radical (unpaired) electrons. The van der Waals surface area contributed by atoms with E-state index in [2.05, 4.69) is 31.0 Å². The summed E-state index contributed by atoms with van der Waals surface area (Å²) in [6.07, 6.45) is 0. The van der Waals surface area contributed by atoms with E-state index in [1.54, 1.807) is 0 Å². The van der Waals surface area contributed by atoms with E-state index in [1.807, 2.05) is 49.9 Å². The lowest BCUT2D eigenvalue weighted by atomic mass is 10.2. The fourth-order valence-electron chi connectivity index (χ4n) is 3.12. The van der Waals surface area contributed by atoms with E-state index in [1.165, 1.54) is 0 Å². The zero-order valence-electron chi connectivity index (χ0n) is 15.9. The second kappa shape index (κ2) is 10.0. The van der Waals surface area contributed by atoms with Gasteiger partial charge in [-0.15, -0.1) is 0 Å². The summed E-state index contributed by atoms with van der Waals surface area (Å²) in [5.74, 6) is 0.185. The molecule has 0 bridgehead atoms. The highest BCUT2D eigenvalue weighted by Crippen LogP contribution is 2.15. The number of halogens is 1. The normalized spacial score (nSPS) is 16.9. The van der Waals surface area contributed by atoms with Gasteiger partial charge in [-0.25, -0.2) is 0 Å². The van der Waals surface area contributed by atoms with E-state index in [4.69, 9.17) is 0 Å². The van der Waals surface area contributed by atoms with Gasteiger partial charge >= 0.3 is 0 Å². The highest BCUT2D eigenvalue weighted by Gasteiger charge is 2.26. The predicted octanol–water partition coefficient (Wildman–Crippen LogP) is 2.26. The number of nitrogens with zero attached hydrogens (tertiary/aromatic N) is 3. The number of carbonyl (C=O) groups is 2. The minimum absolute atomic E-state index is 0.00000931. The summed E-state index contributed by atoms with van der Waals surface area (Å²) in [4.78, 5) is 30.9. The number of rotatable bonds is 7. The molecule has 1 atom stereocenters. The van der Waals surface area contributed by atoms with Gasteiger partial charge in [0.05, 0.1) is 12.6 Å². The van der Waals surface area contributed by atoms with Crippen molar-refractivity contribution in [3.8, 4) is 0 Å². The molecule has 1 aromatic rings. The quantitative estimate of drug-likeness (QED) is 0.729. The summed E-state index contributed by atoms with van der Waals surface area (Å²) in [5, 5.41) is 2.96. The minimum atomic E-state index is -0.195. The smallest absolute Gasteiger partial charge is 0.241 e. The number of hydrogen-bond donors (Lipinski definition) is 1. The Morgan fingerprint density at radius 2 is 1.69 bits per heavy atom. The van der Waals surface area contributed by atoms with Crippen LogP contribution in [-0.4, -0.2) is 78.4 Å². The van der Waals surface area contributed by atoms with Crippen LogP contribution in [0.3, 0.4) is 0 Å². The zero-order valence-corrected chi connectivity index (χ0v) is 17.5. The molecule has 1 aliphatic rings. The van der Waals surface area contributed by atoms with Crippen molar-refractivity contribution < 1.29 is 9.59 Å². The van der Waals surface area contributed by atoms with Crippen molar-refractivity contribution in [2.45, 2.75) is 26.8 Å². The van der Waals surface area contributed by atoms with E-state index in [0.717, 1.165) is 49.4 Å². The summed E-state index contributed by atoms with van der Waals surface area (Å²) in [7, 11) is 0. The number of anilines is 1. The lowest BCUT2D eigenvalue weighted by Crippen LogP contribution is -2.54. The van der Waals surface area contributed by atoms with E-state index >= 15 is 0 Å².